The molecule has 0 unspecified atom stereocenters. The van der Waals surface area contributed by atoms with Gasteiger partial charge in [0.05, 0.1) is 24.1 Å². The fourth-order valence-electron chi connectivity index (χ4n) is 2.91. The standard InChI is InChI=1S/C12H13N3O.C6H6F3N3O/c1-16-12-7-9(4-5-13-12)11-8-10-3-2-6-15(10)14-11;1-3-4(5(10)13)2-12(11-3)6(7,8)9/h4-5,7-8H,2-3,6H2,1H3;2H,1H3,(H2,10,13). The van der Waals surface area contributed by atoms with Gasteiger partial charge in [0.15, 0.2) is 0 Å². The molecule has 154 valence electrons. The van der Waals surface area contributed by atoms with Crippen molar-refractivity contribution in [3.05, 3.63) is 47.5 Å². The number of hydrogen-bond donors (Lipinski definition) is 1. The molecule has 0 atom stereocenters. The highest BCUT2D eigenvalue weighted by Gasteiger charge is 2.33. The van der Waals surface area contributed by atoms with Crippen LogP contribution < -0.4 is 10.5 Å². The van der Waals surface area contributed by atoms with Gasteiger partial charge in [0, 0.05) is 36.3 Å². The molecule has 0 fully saturated rings. The van der Waals surface area contributed by atoms with Crippen LogP contribution in [0.1, 0.15) is 28.2 Å². The average molecular weight is 408 g/mol. The maximum Gasteiger partial charge on any atom is 0.504 e. The number of amides is 1. The minimum Gasteiger partial charge on any atom is -0.481 e. The van der Waals surface area contributed by atoms with Gasteiger partial charge in [0.2, 0.25) is 5.88 Å². The van der Waals surface area contributed by atoms with Gasteiger partial charge >= 0.3 is 6.30 Å². The minimum absolute atomic E-state index is 0.0372. The Hall–Kier alpha value is -3.37. The monoisotopic (exact) mass is 408 g/mol. The first-order chi connectivity index (χ1) is 13.7. The summed E-state index contributed by atoms with van der Waals surface area (Å²) < 4.78 is 42.9. The number of pyridine rings is 1. The second kappa shape index (κ2) is 7.94. The molecule has 4 heterocycles. The zero-order valence-electron chi connectivity index (χ0n) is 15.8. The van der Waals surface area contributed by atoms with Crippen LogP contribution in [0.2, 0.25) is 0 Å². The molecule has 0 bridgehead atoms. The summed E-state index contributed by atoms with van der Waals surface area (Å²) in [6.07, 6.45) is 0.0479. The molecule has 3 aromatic rings. The van der Waals surface area contributed by atoms with Gasteiger partial charge in [-0.05, 0) is 31.9 Å². The topological polar surface area (TPSA) is 101 Å². The van der Waals surface area contributed by atoms with Crippen LogP contribution in [0.25, 0.3) is 11.3 Å². The Balaban J connectivity index is 0.000000170. The van der Waals surface area contributed by atoms with Crippen LogP contribution >= 0.6 is 0 Å². The van der Waals surface area contributed by atoms with E-state index in [1.54, 1.807) is 13.3 Å². The van der Waals surface area contributed by atoms with E-state index >= 15 is 0 Å². The molecule has 3 aromatic heterocycles. The number of methoxy groups -OCH3 is 1. The summed E-state index contributed by atoms with van der Waals surface area (Å²) in [7, 11) is 1.62. The smallest absolute Gasteiger partial charge is 0.481 e. The summed E-state index contributed by atoms with van der Waals surface area (Å²) in [4.78, 5) is 14.7. The normalized spacial score (nSPS) is 12.9. The Morgan fingerprint density at radius 3 is 2.59 bits per heavy atom. The van der Waals surface area contributed by atoms with Crippen LogP contribution in [0.15, 0.2) is 30.6 Å². The van der Waals surface area contributed by atoms with Crippen molar-refractivity contribution in [1.29, 1.82) is 0 Å². The number of halogens is 3. The first-order valence-electron chi connectivity index (χ1n) is 8.69. The maximum atomic E-state index is 12.0. The van der Waals surface area contributed by atoms with Crippen molar-refractivity contribution in [2.75, 3.05) is 7.11 Å². The predicted molar refractivity (Wildman–Crippen MR) is 97.1 cm³/mol. The fourth-order valence-corrected chi connectivity index (χ4v) is 2.91. The highest BCUT2D eigenvalue weighted by atomic mass is 19.4. The van der Waals surface area contributed by atoms with E-state index in [0.717, 1.165) is 24.2 Å². The summed E-state index contributed by atoms with van der Waals surface area (Å²) in [5, 5.41) is 7.66. The third kappa shape index (κ3) is 4.55. The molecule has 1 aliphatic rings. The highest BCUT2D eigenvalue weighted by Crippen LogP contribution is 2.25. The number of carbonyl (C=O) groups excluding carboxylic acids is 1. The van der Waals surface area contributed by atoms with Crippen LogP contribution in [-0.2, 0) is 19.3 Å². The van der Waals surface area contributed by atoms with Crippen LogP contribution in [-0.4, -0.2) is 37.6 Å². The second-order valence-electron chi connectivity index (χ2n) is 6.34. The molecule has 0 spiro atoms. The number of fused-ring (bicyclic) bond motifs is 1. The van der Waals surface area contributed by atoms with Crippen molar-refractivity contribution >= 4 is 5.91 Å². The Morgan fingerprint density at radius 2 is 2.03 bits per heavy atom. The van der Waals surface area contributed by atoms with Crippen molar-refractivity contribution in [1.82, 2.24) is 24.5 Å². The molecule has 0 radical (unpaired) electrons. The van der Waals surface area contributed by atoms with Gasteiger partial charge in [-0.25, -0.2) is 4.98 Å². The lowest BCUT2D eigenvalue weighted by Gasteiger charge is -2.03. The quantitative estimate of drug-likeness (QED) is 0.718. The predicted octanol–water partition coefficient (Wildman–Crippen LogP) is 2.67. The molecular formula is C18H19F3N6O2. The lowest BCUT2D eigenvalue weighted by Crippen LogP contribution is -2.17. The number of alkyl halides is 3. The molecule has 8 nitrogen and oxygen atoms in total. The number of ether oxygens (including phenoxy) is 1. The third-order valence-electron chi connectivity index (χ3n) is 4.33. The first kappa shape index (κ1) is 20.4. The van der Waals surface area contributed by atoms with Crippen molar-refractivity contribution < 1.29 is 22.7 Å². The van der Waals surface area contributed by atoms with E-state index in [4.69, 9.17) is 10.5 Å². The zero-order chi connectivity index (χ0) is 21.2. The third-order valence-corrected chi connectivity index (χ3v) is 4.33. The van der Waals surface area contributed by atoms with Crippen LogP contribution in [0, 0.1) is 6.92 Å². The van der Waals surface area contributed by atoms with E-state index in [-0.39, 0.29) is 15.9 Å². The van der Waals surface area contributed by atoms with Gasteiger partial charge in [-0.1, -0.05) is 0 Å². The summed E-state index contributed by atoms with van der Waals surface area (Å²) in [6, 6.07) is 6.03. The van der Waals surface area contributed by atoms with E-state index in [1.807, 2.05) is 12.1 Å². The number of aromatic nitrogens is 5. The first-order valence-corrected chi connectivity index (χ1v) is 8.69. The van der Waals surface area contributed by atoms with Gasteiger partial charge in [0.25, 0.3) is 5.91 Å². The molecule has 2 N–H and O–H groups in total. The van der Waals surface area contributed by atoms with Gasteiger partial charge in [-0.15, -0.1) is 13.2 Å². The van der Waals surface area contributed by atoms with Gasteiger partial charge in [0.1, 0.15) is 0 Å². The molecule has 0 aliphatic carbocycles. The summed E-state index contributed by atoms with van der Waals surface area (Å²) in [6.45, 7) is 2.32. The van der Waals surface area contributed by atoms with E-state index in [1.165, 1.54) is 19.0 Å². The number of aryl methyl sites for hydroxylation is 3. The molecule has 1 aliphatic heterocycles. The Morgan fingerprint density at radius 1 is 1.28 bits per heavy atom. The van der Waals surface area contributed by atoms with Crippen LogP contribution in [0.3, 0.4) is 0 Å². The SMILES string of the molecule is COc1cc(-c2cc3n(n2)CCC3)ccn1.Cc1nn(C(F)(F)F)cc1C(N)=O. The summed E-state index contributed by atoms with van der Waals surface area (Å²) in [5.41, 5.74) is 7.95. The Labute approximate surface area is 164 Å². The Kier molecular flexibility index (Phi) is 5.57. The fraction of sp³-hybridized carbons (Fsp3) is 0.333. The number of rotatable bonds is 3. The van der Waals surface area contributed by atoms with Crippen molar-refractivity contribution in [3.8, 4) is 17.1 Å². The number of primary amides is 1. The summed E-state index contributed by atoms with van der Waals surface area (Å²) >= 11 is 0. The van der Waals surface area contributed by atoms with Crippen molar-refractivity contribution in [2.24, 2.45) is 5.73 Å². The highest BCUT2D eigenvalue weighted by molar-refractivity contribution is 5.93. The van der Waals surface area contributed by atoms with Crippen LogP contribution in [0.5, 0.6) is 5.88 Å². The minimum atomic E-state index is -4.61. The van der Waals surface area contributed by atoms with E-state index in [9.17, 15) is 18.0 Å². The number of carbonyl (C=O) groups is 1. The van der Waals surface area contributed by atoms with Gasteiger partial charge < -0.3 is 10.5 Å². The lowest BCUT2D eigenvalue weighted by atomic mass is 10.2. The van der Waals surface area contributed by atoms with E-state index < -0.39 is 12.2 Å². The average Bonchev–Trinajstić information content (AvgIpc) is 3.36. The molecule has 0 aromatic carbocycles. The summed E-state index contributed by atoms with van der Waals surface area (Å²) in [5.74, 6) is -0.293. The molecular weight excluding hydrogens is 389 g/mol. The maximum absolute atomic E-state index is 12.0. The van der Waals surface area contributed by atoms with Gasteiger partial charge in [-0.3, -0.25) is 9.48 Å². The number of nitrogens with two attached hydrogens (primary N) is 1. The van der Waals surface area contributed by atoms with Crippen molar-refractivity contribution in [2.45, 2.75) is 32.6 Å². The van der Waals surface area contributed by atoms with Crippen molar-refractivity contribution in [3.63, 3.8) is 0 Å². The molecule has 0 saturated heterocycles. The zero-order valence-corrected chi connectivity index (χ0v) is 15.8. The van der Waals surface area contributed by atoms with E-state index in [2.05, 4.69) is 25.9 Å². The molecule has 29 heavy (non-hydrogen) atoms. The molecule has 4 rings (SSSR count). The molecule has 0 saturated carbocycles. The van der Waals surface area contributed by atoms with Gasteiger partial charge in [-0.2, -0.15) is 14.9 Å². The lowest BCUT2D eigenvalue weighted by molar-refractivity contribution is -0.212. The van der Waals surface area contributed by atoms with E-state index in [0.29, 0.717) is 12.1 Å². The second-order valence-corrected chi connectivity index (χ2v) is 6.34. The number of hydrogen-bond acceptors (Lipinski definition) is 5. The molecule has 11 heteroatoms. The largest absolute Gasteiger partial charge is 0.504 e. The molecule has 1 amide bonds. The Bertz CT molecular complexity index is 1000. The van der Waals surface area contributed by atoms with Crippen LogP contribution in [0.4, 0.5) is 13.2 Å². The number of nitrogens with zero attached hydrogens (tertiary/aromatic N) is 5.